The average molecular weight is 499 g/mol. The van der Waals surface area contributed by atoms with Crippen LogP contribution in [0.1, 0.15) is 49.2 Å². The number of methoxy groups -OCH3 is 1. The summed E-state index contributed by atoms with van der Waals surface area (Å²) in [5, 5.41) is 17.1. The Balaban J connectivity index is 1.97. The van der Waals surface area contributed by atoms with Gasteiger partial charge in [-0.3, -0.25) is 4.79 Å². The zero-order valence-electron chi connectivity index (χ0n) is 19.2. The molecule has 2 heterocycles. The van der Waals surface area contributed by atoms with Crippen LogP contribution in [0.25, 0.3) is 5.69 Å². The summed E-state index contributed by atoms with van der Waals surface area (Å²) in [6.07, 6.45) is -2.23. The largest absolute Gasteiger partial charge is 0.495 e. The third-order valence-corrected chi connectivity index (χ3v) is 5.72. The topological polar surface area (TPSA) is 81.3 Å². The summed E-state index contributed by atoms with van der Waals surface area (Å²) in [5.74, 6) is -0.168. The molecule has 3 aromatic rings. The molecular formula is C23H26ClF3N4O3. The Morgan fingerprint density at radius 1 is 1.29 bits per heavy atom. The van der Waals surface area contributed by atoms with Crippen molar-refractivity contribution < 1.29 is 27.8 Å². The molecule has 0 aliphatic rings. The number of ether oxygens (including phenoxy) is 1. The molecule has 0 radical (unpaired) electrons. The monoisotopic (exact) mass is 498 g/mol. The van der Waals surface area contributed by atoms with E-state index in [0.717, 1.165) is 12.3 Å². The van der Waals surface area contributed by atoms with Gasteiger partial charge in [0.1, 0.15) is 11.8 Å². The SMILES string of the molecule is COc1cc(-n2ncc(NC(=O)[C@H](CCO)n3cc(C(F)(F)F)cc3C)c2C(C)C)ccc1Cl. The summed E-state index contributed by atoms with van der Waals surface area (Å²) in [6.45, 7) is 4.96. The Morgan fingerprint density at radius 2 is 2.00 bits per heavy atom. The fourth-order valence-corrected chi connectivity index (χ4v) is 4.00. The van der Waals surface area contributed by atoms with Gasteiger partial charge < -0.3 is 19.7 Å². The summed E-state index contributed by atoms with van der Waals surface area (Å²) < 4.78 is 47.7. The van der Waals surface area contributed by atoms with Crippen molar-refractivity contribution in [2.24, 2.45) is 0 Å². The number of nitrogens with zero attached hydrogens (tertiary/aromatic N) is 3. The van der Waals surface area contributed by atoms with Gasteiger partial charge in [-0.2, -0.15) is 18.3 Å². The minimum atomic E-state index is -4.54. The van der Waals surface area contributed by atoms with Gasteiger partial charge in [-0.05, 0) is 31.0 Å². The first-order valence-corrected chi connectivity index (χ1v) is 10.9. The van der Waals surface area contributed by atoms with E-state index in [1.165, 1.54) is 24.8 Å². The number of halogens is 4. The van der Waals surface area contributed by atoms with Crippen LogP contribution >= 0.6 is 11.6 Å². The molecular weight excluding hydrogens is 473 g/mol. The number of hydrogen-bond donors (Lipinski definition) is 2. The number of nitrogens with one attached hydrogen (secondary N) is 1. The number of alkyl halides is 3. The van der Waals surface area contributed by atoms with Gasteiger partial charge in [0.25, 0.3) is 0 Å². The summed E-state index contributed by atoms with van der Waals surface area (Å²) in [7, 11) is 1.50. The lowest BCUT2D eigenvalue weighted by atomic mass is 10.1. The zero-order valence-corrected chi connectivity index (χ0v) is 19.9. The van der Waals surface area contributed by atoms with Crippen LogP contribution in [0, 0.1) is 6.92 Å². The normalized spacial score (nSPS) is 12.8. The number of carbonyl (C=O) groups excluding carboxylic acids is 1. The van der Waals surface area contributed by atoms with E-state index < -0.39 is 23.7 Å². The highest BCUT2D eigenvalue weighted by Crippen LogP contribution is 2.34. The van der Waals surface area contributed by atoms with E-state index >= 15 is 0 Å². The first-order chi connectivity index (χ1) is 16.0. The van der Waals surface area contributed by atoms with E-state index in [1.54, 1.807) is 22.9 Å². The van der Waals surface area contributed by atoms with Crippen molar-refractivity contribution in [2.75, 3.05) is 19.0 Å². The van der Waals surface area contributed by atoms with Crippen LogP contribution in [0.3, 0.4) is 0 Å². The number of aliphatic hydroxyl groups excluding tert-OH is 1. The highest BCUT2D eigenvalue weighted by Gasteiger charge is 2.34. The van der Waals surface area contributed by atoms with Crippen LogP contribution < -0.4 is 10.1 Å². The zero-order chi connectivity index (χ0) is 25.2. The van der Waals surface area contributed by atoms with Gasteiger partial charge in [0.05, 0.1) is 41.0 Å². The fraction of sp³-hybridized carbons (Fsp3) is 0.391. The molecule has 1 amide bonds. The van der Waals surface area contributed by atoms with Crippen molar-refractivity contribution in [1.82, 2.24) is 14.3 Å². The number of benzene rings is 1. The van der Waals surface area contributed by atoms with Gasteiger partial charge in [0.2, 0.25) is 5.91 Å². The van der Waals surface area contributed by atoms with Gasteiger partial charge in [0, 0.05) is 31.0 Å². The maximum Gasteiger partial charge on any atom is 0.417 e. The third-order valence-electron chi connectivity index (χ3n) is 5.41. The van der Waals surface area contributed by atoms with E-state index in [9.17, 15) is 23.1 Å². The second-order valence-corrected chi connectivity index (χ2v) is 8.53. The summed E-state index contributed by atoms with van der Waals surface area (Å²) in [5.41, 5.74) is 1.16. The minimum Gasteiger partial charge on any atom is -0.495 e. The highest BCUT2D eigenvalue weighted by atomic mass is 35.5. The molecule has 0 saturated heterocycles. The number of rotatable bonds is 8. The molecule has 7 nitrogen and oxygen atoms in total. The first kappa shape index (κ1) is 25.6. The van der Waals surface area contributed by atoms with Crippen LogP contribution in [0.4, 0.5) is 18.9 Å². The Morgan fingerprint density at radius 3 is 2.56 bits per heavy atom. The number of aromatic nitrogens is 3. The van der Waals surface area contributed by atoms with Crippen molar-refractivity contribution in [1.29, 1.82) is 0 Å². The molecule has 2 N–H and O–H groups in total. The molecule has 0 spiro atoms. The maximum absolute atomic E-state index is 13.2. The lowest BCUT2D eigenvalue weighted by molar-refractivity contribution is -0.137. The standard InChI is InChI=1S/C23H26ClF3N4O3/c1-13(2)21-18(11-28-31(21)16-5-6-17(24)20(10-16)34-4)29-22(33)19(7-8-32)30-12-15(9-14(30)3)23(25,26)27/h5-6,9-13,19,32H,7-8H2,1-4H3,(H,29,33)/t19-/m0/s1. The van der Waals surface area contributed by atoms with Crippen LogP contribution in [-0.2, 0) is 11.0 Å². The molecule has 0 unspecified atom stereocenters. The van der Waals surface area contributed by atoms with E-state index in [0.29, 0.717) is 27.8 Å². The van der Waals surface area contributed by atoms with Crippen LogP contribution in [-0.4, -0.2) is 39.1 Å². The third kappa shape index (κ3) is 5.23. The lowest BCUT2D eigenvalue weighted by Gasteiger charge is -2.20. The number of hydrogen-bond acceptors (Lipinski definition) is 4. The highest BCUT2D eigenvalue weighted by molar-refractivity contribution is 6.32. The average Bonchev–Trinajstić information content (AvgIpc) is 3.36. The molecule has 0 aliphatic heterocycles. The van der Waals surface area contributed by atoms with E-state index in [2.05, 4.69) is 10.4 Å². The Hall–Kier alpha value is -2.98. The van der Waals surface area contributed by atoms with Crippen molar-refractivity contribution >= 4 is 23.2 Å². The Kier molecular flexibility index (Phi) is 7.62. The van der Waals surface area contributed by atoms with Crippen molar-refractivity contribution in [3.05, 3.63) is 58.6 Å². The van der Waals surface area contributed by atoms with E-state index in [4.69, 9.17) is 16.3 Å². The fourth-order valence-electron chi connectivity index (χ4n) is 3.81. The number of amides is 1. The molecule has 1 atom stereocenters. The molecule has 2 aromatic heterocycles. The molecule has 0 aliphatic carbocycles. The van der Waals surface area contributed by atoms with Gasteiger partial charge >= 0.3 is 6.18 Å². The number of aryl methyl sites for hydroxylation is 1. The first-order valence-electron chi connectivity index (χ1n) is 10.6. The molecule has 0 bridgehead atoms. The van der Waals surface area contributed by atoms with Crippen LogP contribution in [0.2, 0.25) is 5.02 Å². The molecule has 0 fully saturated rings. The summed E-state index contributed by atoms with van der Waals surface area (Å²) in [6, 6.07) is 5.07. The molecule has 34 heavy (non-hydrogen) atoms. The van der Waals surface area contributed by atoms with Crippen molar-refractivity contribution in [3.8, 4) is 11.4 Å². The molecule has 3 rings (SSSR count). The van der Waals surface area contributed by atoms with Gasteiger partial charge in [0.15, 0.2) is 0 Å². The predicted molar refractivity (Wildman–Crippen MR) is 123 cm³/mol. The van der Waals surface area contributed by atoms with E-state index in [1.807, 2.05) is 13.8 Å². The Bertz CT molecular complexity index is 1170. The lowest BCUT2D eigenvalue weighted by Crippen LogP contribution is -2.27. The van der Waals surface area contributed by atoms with E-state index in [-0.39, 0.29) is 24.6 Å². The van der Waals surface area contributed by atoms with Crippen LogP contribution in [0.15, 0.2) is 36.7 Å². The van der Waals surface area contributed by atoms with Crippen molar-refractivity contribution in [2.45, 2.75) is 45.3 Å². The maximum atomic E-state index is 13.2. The Labute approximate surface area is 200 Å². The van der Waals surface area contributed by atoms with Gasteiger partial charge in [-0.25, -0.2) is 4.68 Å². The molecule has 184 valence electrons. The van der Waals surface area contributed by atoms with Crippen molar-refractivity contribution in [3.63, 3.8) is 0 Å². The molecule has 11 heteroatoms. The second kappa shape index (κ2) is 10.1. The summed E-state index contributed by atoms with van der Waals surface area (Å²) in [4.78, 5) is 13.2. The quantitative estimate of drug-likeness (QED) is 0.439. The molecule has 0 saturated carbocycles. The number of anilines is 1. The second-order valence-electron chi connectivity index (χ2n) is 8.12. The number of aliphatic hydroxyl groups is 1. The van der Waals surface area contributed by atoms with Crippen LogP contribution in [0.5, 0.6) is 5.75 Å². The minimum absolute atomic E-state index is 0.0574. The summed E-state index contributed by atoms with van der Waals surface area (Å²) >= 11 is 6.12. The number of carbonyl (C=O) groups is 1. The smallest absolute Gasteiger partial charge is 0.417 e. The van der Waals surface area contributed by atoms with Gasteiger partial charge in [-0.15, -0.1) is 0 Å². The molecule has 1 aromatic carbocycles. The predicted octanol–water partition coefficient (Wildman–Crippen LogP) is 5.35. The van der Waals surface area contributed by atoms with Gasteiger partial charge in [-0.1, -0.05) is 25.4 Å².